The molecule has 0 saturated carbocycles. The summed E-state index contributed by atoms with van der Waals surface area (Å²) < 4.78 is 26.3. The van der Waals surface area contributed by atoms with Crippen molar-refractivity contribution in [3.63, 3.8) is 0 Å². The molecule has 2 rings (SSSR count). The number of rotatable bonds is 3. The Kier molecular flexibility index (Phi) is 3.98. The third kappa shape index (κ3) is 2.93. The summed E-state index contributed by atoms with van der Waals surface area (Å²) in [6.07, 6.45) is 0. The van der Waals surface area contributed by atoms with Gasteiger partial charge < -0.3 is 10.2 Å². The third-order valence-corrected chi connectivity index (χ3v) is 2.81. The number of anilines is 2. The molecule has 5 heteroatoms. The van der Waals surface area contributed by atoms with Crippen LogP contribution in [0.25, 0.3) is 0 Å². The summed E-state index contributed by atoms with van der Waals surface area (Å²) in [5, 5.41) is 2.44. The molecule has 0 aliphatic carbocycles. The predicted molar refractivity (Wildman–Crippen MR) is 75.1 cm³/mol. The molecule has 0 saturated heterocycles. The molecule has 20 heavy (non-hydrogen) atoms. The fourth-order valence-corrected chi connectivity index (χ4v) is 1.84. The maximum atomic E-state index is 13.5. The highest BCUT2D eigenvalue weighted by molar-refractivity contribution is 6.08. The van der Waals surface area contributed by atoms with Crippen LogP contribution in [0.5, 0.6) is 0 Å². The second kappa shape index (κ2) is 5.69. The molecule has 0 spiro atoms. The summed E-state index contributed by atoms with van der Waals surface area (Å²) in [5.74, 6) is -1.94. The molecule has 0 aliphatic heterocycles. The Morgan fingerprint density at radius 3 is 2.45 bits per heavy atom. The van der Waals surface area contributed by atoms with Crippen LogP contribution < -0.4 is 10.2 Å². The summed E-state index contributed by atoms with van der Waals surface area (Å²) in [4.78, 5) is 14.0. The number of nitrogens with one attached hydrogen (secondary N) is 1. The number of carbonyl (C=O) groups excluding carboxylic acids is 1. The Morgan fingerprint density at radius 2 is 1.80 bits per heavy atom. The van der Waals surface area contributed by atoms with E-state index in [1.54, 1.807) is 23.1 Å². The topological polar surface area (TPSA) is 32.3 Å². The van der Waals surface area contributed by atoms with Crippen molar-refractivity contribution in [2.45, 2.75) is 0 Å². The quantitative estimate of drug-likeness (QED) is 0.933. The van der Waals surface area contributed by atoms with E-state index in [0.717, 1.165) is 12.1 Å². The molecule has 0 fully saturated rings. The Bertz CT molecular complexity index is 642. The minimum Gasteiger partial charge on any atom is -0.377 e. The summed E-state index contributed by atoms with van der Waals surface area (Å²) in [6.45, 7) is 0. The zero-order valence-corrected chi connectivity index (χ0v) is 11.2. The van der Waals surface area contributed by atoms with E-state index in [9.17, 15) is 13.6 Å². The number of carbonyl (C=O) groups is 1. The van der Waals surface area contributed by atoms with Crippen molar-refractivity contribution in [3.8, 4) is 0 Å². The van der Waals surface area contributed by atoms with Crippen LogP contribution in [0.15, 0.2) is 42.5 Å². The molecular weight excluding hydrogens is 262 g/mol. The number of amides is 1. The standard InChI is InChI=1S/C15H14F2N2O/c1-19(2)14-6-4-3-5-11(14)15(20)18-13-8-7-10(16)9-12(13)17/h3-9H,1-2H3,(H,18,20). The molecule has 0 aromatic heterocycles. The summed E-state index contributed by atoms with van der Waals surface area (Å²) in [5.41, 5.74) is 1.08. The zero-order chi connectivity index (χ0) is 14.7. The Balaban J connectivity index is 2.29. The highest BCUT2D eigenvalue weighted by Crippen LogP contribution is 2.21. The maximum Gasteiger partial charge on any atom is 0.257 e. The van der Waals surface area contributed by atoms with E-state index >= 15 is 0 Å². The van der Waals surface area contributed by atoms with E-state index in [2.05, 4.69) is 5.32 Å². The van der Waals surface area contributed by atoms with E-state index in [1.165, 1.54) is 6.07 Å². The monoisotopic (exact) mass is 276 g/mol. The molecule has 0 unspecified atom stereocenters. The van der Waals surface area contributed by atoms with Crippen LogP contribution in [-0.4, -0.2) is 20.0 Å². The minimum atomic E-state index is -0.805. The lowest BCUT2D eigenvalue weighted by molar-refractivity contribution is 0.102. The van der Waals surface area contributed by atoms with Gasteiger partial charge in [0.1, 0.15) is 11.6 Å². The van der Waals surface area contributed by atoms with E-state index in [0.29, 0.717) is 11.3 Å². The van der Waals surface area contributed by atoms with Gasteiger partial charge in [-0.2, -0.15) is 0 Å². The minimum absolute atomic E-state index is 0.0510. The molecule has 0 heterocycles. The number of para-hydroxylation sites is 1. The van der Waals surface area contributed by atoms with Gasteiger partial charge in [-0.1, -0.05) is 12.1 Å². The SMILES string of the molecule is CN(C)c1ccccc1C(=O)Nc1ccc(F)cc1F. The summed E-state index contributed by atoms with van der Waals surface area (Å²) in [6, 6.07) is 9.99. The molecule has 3 nitrogen and oxygen atoms in total. The first-order valence-corrected chi connectivity index (χ1v) is 6.02. The van der Waals surface area contributed by atoms with Gasteiger partial charge in [-0.3, -0.25) is 4.79 Å². The van der Waals surface area contributed by atoms with Gasteiger partial charge in [0.05, 0.1) is 11.3 Å². The van der Waals surface area contributed by atoms with E-state index < -0.39 is 17.5 Å². The van der Waals surface area contributed by atoms with Gasteiger partial charge in [0.15, 0.2) is 0 Å². The lowest BCUT2D eigenvalue weighted by Gasteiger charge is -2.17. The van der Waals surface area contributed by atoms with Crippen molar-refractivity contribution >= 4 is 17.3 Å². The van der Waals surface area contributed by atoms with Crippen molar-refractivity contribution in [2.75, 3.05) is 24.3 Å². The highest BCUT2D eigenvalue weighted by atomic mass is 19.1. The smallest absolute Gasteiger partial charge is 0.257 e. The number of nitrogens with zero attached hydrogens (tertiary/aromatic N) is 1. The van der Waals surface area contributed by atoms with Crippen LogP contribution in [0, 0.1) is 11.6 Å². The second-order valence-corrected chi connectivity index (χ2v) is 4.49. The lowest BCUT2D eigenvalue weighted by Crippen LogP contribution is -2.18. The first-order valence-electron chi connectivity index (χ1n) is 6.02. The lowest BCUT2D eigenvalue weighted by atomic mass is 10.1. The van der Waals surface area contributed by atoms with E-state index in [-0.39, 0.29) is 5.69 Å². The average Bonchev–Trinajstić information content (AvgIpc) is 2.41. The van der Waals surface area contributed by atoms with Gasteiger partial charge in [0.25, 0.3) is 5.91 Å². The van der Waals surface area contributed by atoms with Gasteiger partial charge in [-0.15, -0.1) is 0 Å². The number of hydrogen-bond acceptors (Lipinski definition) is 2. The molecule has 0 atom stereocenters. The molecule has 0 aliphatic rings. The molecule has 0 radical (unpaired) electrons. The van der Waals surface area contributed by atoms with Crippen LogP contribution in [0.4, 0.5) is 20.2 Å². The first kappa shape index (κ1) is 14.0. The second-order valence-electron chi connectivity index (χ2n) is 4.49. The van der Waals surface area contributed by atoms with Gasteiger partial charge in [-0.25, -0.2) is 8.78 Å². The molecule has 1 amide bonds. The number of benzene rings is 2. The largest absolute Gasteiger partial charge is 0.377 e. The number of hydrogen-bond donors (Lipinski definition) is 1. The normalized spacial score (nSPS) is 10.2. The zero-order valence-electron chi connectivity index (χ0n) is 11.2. The summed E-state index contributed by atoms with van der Waals surface area (Å²) >= 11 is 0. The van der Waals surface area contributed by atoms with Crippen LogP contribution in [-0.2, 0) is 0 Å². The number of halogens is 2. The van der Waals surface area contributed by atoms with Crippen molar-refractivity contribution in [2.24, 2.45) is 0 Å². The first-order chi connectivity index (χ1) is 9.49. The maximum absolute atomic E-state index is 13.5. The molecule has 2 aromatic rings. The Morgan fingerprint density at radius 1 is 1.10 bits per heavy atom. The Hall–Kier alpha value is -2.43. The predicted octanol–water partition coefficient (Wildman–Crippen LogP) is 3.28. The van der Waals surface area contributed by atoms with Gasteiger partial charge >= 0.3 is 0 Å². The fraction of sp³-hybridized carbons (Fsp3) is 0.133. The van der Waals surface area contributed by atoms with Crippen LogP contribution >= 0.6 is 0 Å². The van der Waals surface area contributed by atoms with Crippen molar-refractivity contribution in [3.05, 3.63) is 59.7 Å². The fourth-order valence-electron chi connectivity index (χ4n) is 1.84. The van der Waals surface area contributed by atoms with Crippen LogP contribution in [0.3, 0.4) is 0 Å². The molecule has 0 bridgehead atoms. The summed E-state index contributed by atoms with van der Waals surface area (Å²) in [7, 11) is 3.62. The average molecular weight is 276 g/mol. The van der Waals surface area contributed by atoms with E-state index in [1.807, 2.05) is 20.2 Å². The van der Waals surface area contributed by atoms with Crippen molar-refractivity contribution < 1.29 is 13.6 Å². The highest BCUT2D eigenvalue weighted by Gasteiger charge is 2.14. The molecule has 1 N–H and O–H groups in total. The van der Waals surface area contributed by atoms with Gasteiger partial charge in [0, 0.05) is 25.8 Å². The van der Waals surface area contributed by atoms with Crippen LogP contribution in [0.1, 0.15) is 10.4 Å². The van der Waals surface area contributed by atoms with Gasteiger partial charge in [0.2, 0.25) is 0 Å². The van der Waals surface area contributed by atoms with Gasteiger partial charge in [-0.05, 0) is 24.3 Å². The third-order valence-electron chi connectivity index (χ3n) is 2.81. The van der Waals surface area contributed by atoms with E-state index in [4.69, 9.17) is 0 Å². The van der Waals surface area contributed by atoms with Crippen LogP contribution in [0.2, 0.25) is 0 Å². The van der Waals surface area contributed by atoms with Crippen molar-refractivity contribution in [1.82, 2.24) is 0 Å². The molecular formula is C15H14F2N2O. The molecule has 104 valence electrons. The molecule has 2 aromatic carbocycles. The Labute approximate surface area is 115 Å². The van der Waals surface area contributed by atoms with Crippen molar-refractivity contribution in [1.29, 1.82) is 0 Å².